The van der Waals surface area contributed by atoms with Crippen LogP contribution in [0.2, 0.25) is 0 Å². The molecule has 2 rings (SSSR count). The summed E-state index contributed by atoms with van der Waals surface area (Å²) in [5.74, 6) is 0. The SMILES string of the molecule is COC(C)Cc1ccccc1C1(C(C)N)CC1. The number of ether oxygens (including phenoxy) is 1. The predicted octanol–water partition coefficient (Wildman–Crippen LogP) is 2.64. The zero-order valence-electron chi connectivity index (χ0n) is 11.1. The first-order valence-electron chi connectivity index (χ1n) is 6.47. The first-order valence-corrected chi connectivity index (χ1v) is 6.47. The topological polar surface area (TPSA) is 35.2 Å². The van der Waals surface area contributed by atoms with E-state index < -0.39 is 0 Å². The van der Waals surface area contributed by atoms with Crippen molar-refractivity contribution in [3.8, 4) is 0 Å². The standard InChI is InChI=1S/C15H23NO/c1-11(17-3)10-13-6-4-5-7-14(13)15(8-9-15)12(2)16/h4-7,11-12H,8-10,16H2,1-3H3. The van der Waals surface area contributed by atoms with E-state index in [1.54, 1.807) is 7.11 Å². The molecule has 0 heterocycles. The minimum absolute atomic E-state index is 0.238. The summed E-state index contributed by atoms with van der Waals surface area (Å²) in [4.78, 5) is 0. The minimum atomic E-state index is 0.238. The highest BCUT2D eigenvalue weighted by Gasteiger charge is 2.48. The van der Waals surface area contributed by atoms with E-state index in [-0.39, 0.29) is 17.6 Å². The Hall–Kier alpha value is -0.860. The highest BCUT2D eigenvalue weighted by molar-refractivity contribution is 5.40. The second-order valence-corrected chi connectivity index (χ2v) is 5.35. The van der Waals surface area contributed by atoms with E-state index in [1.165, 1.54) is 24.0 Å². The molecule has 1 aliphatic carbocycles. The number of hydrogen-bond acceptors (Lipinski definition) is 2. The van der Waals surface area contributed by atoms with Crippen LogP contribution < -0.4 is 5.73 Å². The Morgan fingerprint density at radius 3 is 2.47 bits per heavy atom. The van der Waals surface area contributed by atoms with Crippen molar-refractivity contribution in [2.24, 2.45) is 5.73 Å². The number of methoxy groups -OCH3 is 1. The van der Waals surface area contributed by atoms with Gasteiger partial charge in [-0.05, 0) is 44.2 Å². The summed E-state index contributed by atoms with van der Waals surface area (Å²) >= 11 is 0. The monoisotopic (exact) mass is 233 g/mol. The quantitative estimate of drug-likeness (QED) is 0.848. The summed E-state index contributed by atoms with van der Waals surface area (Å²) in [6.07, 6.45) is 3.69. The molecule has 0 aliphatic heterocycles. The Morgan fingerprint density at radius 2 is 1.94 bits per heavy atom. The van der Waals surface area contributed by atoms with Crippen molar-refractivity contribution in [3.05, 3.63) is 35.4 Å². The molecule has 1 aromatic rings. The maximum absolute atomic E-state index is 6.17. The molecule has 1 fully saturated rings. The number of benzene rings is 1. The first-order chi connectivity index (χ1) is 8.10. The molecule has 2 unspecified atom stereocenters. The molecule has 17 heavy (non-hydrogen) atoms. The van der Waals surface area contributed by atoms with Crippen LogP contribution >= 0.6 is 0 Å². The molecule has 2 N–H and O–H groups in total. The lowest BCUT2D eigenvalue weighted by Crippen LogP contribution is -2.32. The fourth-order valence-corrected chi connectivity index (χ4v) is 2.68. The van der Waals surface area contributed by atoms with Gasteiger partial charge in [0.1, 0.15) is 0 Å². The van der Waals surface area contributed by atoms with Gasteiger partial charge < -0.3 is 10.5 Å². The van der Waals surface area contributed by atoms with Gasteiger partial charge in [0, 0.05) is 18.6 Å². The van der Waals surface area contributed by atoms with Crippen LogP contribution in [-0.4, -0.2) is 19.3 Å². The van der Waals surface area contributed by atoms with Gasteiger partial charge in [-0.15, -0.1) is 0 Å². The average molecular weight is 233 g/mol. The predicted molar refractivity (Wildman–Crippen MR) is 71.2 cm³/mol. The lowest BCUT2D eigenvalue weighted by Gasteiger charge is -2.24. The van der Waals surface area contributed by atoms with Gasteiger partial charge >= 0.3 is 0 Å². The molecule has 0 bridgehead atoms. The van der Waals surface area contributed by atoms with Crippen molar-refractivity contribution in [1.82, 2.24) is 0 Å². The molecule has 1 aromatic carbocycles. The molecule has 2 atom stereocenters. The Kier molecular flexibility index (Phi) is 3.55. The Morgan fingerprint density at radius 1 is 1.29 bits per heavy atom. The van der Waals surface area contributed by atoms with E-state index in [9.17, 15) is 0 Å². The van der Waals surface area contributed by atoms with Gasteiger partial charge in [0.05, 0.1) is 6.10 Å². The van der Waals surface area contributed by atoms with Crippen molar-refractivity contribution >= 4 is 0 Å². The Labute approximate surface area is 104 Å². The highest BCUT2D eigenvalue weighted by atomic mass is 16.5. The molecule has 0 aromatic heterocycles. The maximum Gasteiger partial charge on any atom is 0.0583 e. The molecule has 2 heteroatoms. The van der Waals surface area contributed by atoms with Gasteiger partial charge in [0.2, 0.25) is 0 Å². The summed E-state index contributed by atoms with van der Waals surface area (Å²) in [5.41, 5.74) is 9.25. The van der Waals surface area contributed by atoms with E-state index in [0.717, 1.165) is 6.42 Å². The summed E-state index contributed by atoms with van der Waals surface area (Å²) < 4.78 is 5.37. The van der Waals surface area contributed by atoms with Gasteiger partial charge in [0.25, 0.3) is 0 Å². The van der Waals surface area contributed by atoms with Gasteiger partial charge in [-0.3, -0.25) is 0 Å². The molecule has 0 amide bonds. The van der Waals surface area contributed by atoms with Crippen molar-refractivity contribution in [2.45, 2.75) is 50.7 Å². The third kappa shape index (κ3) is 2.38. The van der Waals surface area contributed by atoms with Crippen LogP contribution in [-0.2, 0) is 16.6 Å². The maximum atomic E-state index is 6.17. The molecule has 1 saturated carbocycles. The van der Waals surface area contributed by atoms with Crippen LogP contribution in [0.4, 0.5) is 0 Å². The van der Waals surface area contributed by atoms with E-state index in [4.69, 9.17) is 10.5 Å². The summed E-state index contributed by atoms with van der Waals surface area (Å²) in [5, 5.41) is 0. The Bertz CT molecular complexity index is 382. The van der Waals surface area contributed by atoms with Gasteiger partial charge in [-0.2, -0.15) is 0 Å². The van der Waals surface area contributed by atoms with Crippen molar-refractivity contribution in [1.29, 1.82) is 0 Å². The molecule has 0 spiro atoms. The van der Waals surface area contributed by atoms with Crippen LogP contribution in [0.25, 0.3) is 0 Å². The van der Waals surface area contributed by atoms with Crippen LogP contribution in [0.3, 0.4) is 0 Å². The van der Waals surface area contributed by atoms with E-state index in [0.29, 0.717) is 0 Å². The van der Waals surface area contributed by atoms with Crippen molar-refractivity contribution < 1.29 is 4.74 Å². The zero-order chi connectivity index (χ0) is 12.5. The molecular weight excluding hydrogens is 210 g/mol. The van der Waals surface area contributed by atoms with Crippen LogP contribution in [0.15, 0.2) is 24.3 Å². The molecular formula is C15H23NO. The molecule has 0 saturated heterocycles. The van der Waals surface area contributed by atoms with E-state index in [1.807, 2.05) is 0 Å². The molecule has 94 valence electrons. The summed E-state index contributed by atoms with van der Waals surface area (Å²) in [6.45, 7) is 4.24. The molecule has 0 radical (unpaired) electrons. The number of nitrogens with two attached hydrogens (primary N) is 1. The van der Waals surface area contributed by atoms with Gasteiger partial charge in [-0.25, -0.2) is 0 Å². The normalized spacial score (nSPS) is 20.9. The fourth-order valence-electron chi connectivity index (χ4n) is 2.68. The first kappa shape index (κ1) is 12.6. The third-order valence-electron chi connectivity index (χ3n) is 4.12. The van der Waals surface area contributed by atoms with Crippen LogP contribution in [0.1, 0.15) is 37.8 Å². The second kappa shape index (κ2) is 4.79. The average Bonchev–Trinajstić information content (AvgIpc) is 3.11. The molecule has 1 aliphatic rings. The fraction of sp³-hybridized carbons (Fsp3) is 0.600. The molecule has 2 nitrogen and oxygen atoms in total. The van der Waals surface area contributed by atoms with Gasteiger partial charge in [-0.1, -0.05) is 24.3 Å². The van der Waals surface area contributed by atoms with E-state index >= 15 is 0 Å². The van der Waals surface area contributed by atoms with Crippen LogP contribution in [0.5, 0.6) is 0 Å². The number of hydrogen-bond donors (Lipinski definition) is 1. The Balaban J connectivity index is 2.28. The zero-order valence-corrected chi connectivity index (χ0v) is 11.1. The third-order valence-corrected chi connectivity index (χ3v) is 4.12. The lowest BCUT2D eigenvalue weighted by molar-refractivity contribution is 0.118. The smallest absolute Gasteiger partial charge is 0.0583 e. The summed E-state index contributed by atoms with van der Waals surface area (Å²) in [6, 6.07) is 8.93. The largest absolute Gasteiger partial charge is 0.381 e. The van der Waals surface area contributed by atoms with Crippen molar-refractivity contribution in [2.75, 3.05) is 7.11 Å². The van der Waals surface area contributed by atoms with Crippen LogP contribution in [0, 0.1) is 0 Å². The highest BCUT2D eigenvalue weighted by Crippen LogP contribution is 2.51. The number of rotatable bonds is 5. The lowest BCUT2D eigenvalue weighted by atomic mass is 9.84. The van der Waals surface area contributed by atoms with E-state index in [2.05, 4.69) is 38.1 Å². The minimum Gasteiger partial charge on any atom is -0.381 e. The van der Waals surface area contributed by atoms with Crippen molar-refractivity contribution in [3.63, 3.8) is 0 Å². The van der Waals surface area contributed by atoms with Gasteiger partial charge in [0.15, 0.2) is 0 Å². The second-order valence-electron chi connectivity index (χ2n) is 5.35. The summed E-state index contributed by atoms with van der Waals surface area (Å²) in [7, 11) is 1.77.